The van der Waals surface area contributed by atoms with Crippen LogP contribution in [-0.4, -0.2) is 15.0 Å². The number of aromatic nitrogens is 3. The number of para-hydroxylation sites is 1. The highest BCUT2D eigenvalue weighted by molar-refractivity contribution is 6.22. The summed E-state index contributed by atoms with van der Waals surface area (Å²) in [6.07, 6.45) is 15.4. The Bertz CT molecular complexity index is 3220. The van der Waals surface area contributed by atoms with Gasteiger partial charge in [0.05, 0.1) is 16.9 Å². The second-order valence-electron chi connectivity index (χ2n) is 16.0. The number of nitrogens with zero attached hydrogens (tertiary/aromatic N) is 3. The van der Waals surface area contributed by atoms with E-state index in [1.54, 1.807) is 0 Å². The van der Waals surface area contributed by atoms with Gasteiger partial charge in [-0.3, -0.25) is 0 Å². The third kappa shape index (κ3) is 6.57. The van der Waals surface area contributed by atoms with E-state index in [1.807, 2.05) is 12.1 Å². The first-order valence-electron chi connectivity index (χ1n) is 20.8. The van der Waals surface area contributed by atoms with Crippen molar-refractivity contribution in [2.24, 2.45) is 5.92 Å². The summed E-state index contributed by atoms with van der Waals surface area (Å²) < 4.78 is 6.80. The van der Waals surface area contributed by atoms with Gasteiger partial charge < -0.3 is 4.42 Å². The van der Waals surface area contributed by atoms with E-state index in [0.717, 1.165) is 90.6 Å². The molecule has 3 heterocycles. The van der Waals surface area contributed by atoms with Crippen LogP contribution in [0.5, 0.6) is 0 Å². The molecule has 0 aliphatic heterocycles. The molecule has 0 bridgehead atoms. The summed E-state index contributed by atoms with van der Waals surface area (Å²) in [4.78, 5) is 15.8. The van der Waals surface area contributed by atoms with Crippen molar-refractivity contribution < 1.29 is 4.42 Å². The monoisotopic (exact) mass is 771 g/mol. The van der Waals surface area contributed by atoms with E-state index >= 15 is 0 Å². The Balaban J connectivity index is 1.02. The third-order valence-electron chi connectivity index (χ3n) is 11.9. The summed E-state index contributed by atoms with van der Waals surface area (Å²) in [5, 5.41) is 3.37. The lowest BCUT2D eigenvalue weighted by Gasteiger charge is -2.20. The quantitative estimate of drug-likeness (QED) is 0.162. The second kappa shape index (κ2) is 15.1. The van der Waals surface area contributed by atoms with E-state index in [9.17, 15) is 0 Å². The van der Waals surface area contributed by atoms with Gasteiger partial charge in [-0.15, -0.1) is 0 Å². The summed E-state index contributed by atoms with van der Waals surface area (Å²) in [5.74, 6) is 1.36. The van der Waals surface area contributed by atoms with Crippen molar-refractivity contribution in [3.63, 3.8) is 0 Å². The molecule has 0 radical (unpaired) electrons. The predicted molar refractivity (Wildman–Crippen MR) is 248 cm³/mol. The average Bonchev–Trinajstić information content (AvgIpc) is 3.71. The molecule has 2 unspecified atom stereocenters. The molecule has 2 aliphatic rings. The highest BCUT2D eigenvalue weighted by atomic mass is 16.3. The number of pyridine rings is 1. The van der Waals surface area contributed by atoms with E-state index in [0.29, 0.717) is 11.7 Å². The fourth-order valence-electron chi connectivity index (χ4n) is 9.00. The van der Waals surface area contributed by atoms with Gasteiger partial charge in [0, 0.05) is 38.8 Å². The van der Waals surface area contributed by atoms with Crippen LogP contribution in [-0.2, 0) is 0 Å². The number of furan rings is 1. The van der Waals surface area contributed by atoms with E-state index in [1.165, 1.54) is 22.3 Å². The van der Waals surface area contributed by atoms with Gasteiger partial charge in [0.15, 0.2) is 11.4 Å². The molecule has 2 atom stereocenters. The molecule has 0 saturated carbocycles. The standard InChI is InChI=1S/C56H41N3O/c1-36-15-10-24-43(31-36)50-35-49(38-18-6-3-7-19-38)58-56(59-50)45-26-13-22-41(34-45)40-21-12-25-44(33-40)54-55-53(47-27-8-9-30-51(47)60-55)52-46(28-14-29-48(52)57-54)42-23-11-20-39(32-42)37-16-4-2-5-17-37/h2-22,24-30,32-36,42H,23,31H2,1H3. The molecule has 2 aliphatic carbocycles. The molecule has 4 nitrogen and oxygen atoms in total. The van der Waals surface area contributed by atoms with E-state index < -0.39 is 0 Å². The SMILES string of the molecule is CC1C=CC=C(c2cc(-c3ccccc3)nc(-c3cccc(-c4cccc(-c5nc6cccc(C7C=C(c8ccccc8)C=CC7)c6c6c5oc5ccccc56)c4)c3)n2)C1. The van der Waals surface area contributed by atoms with Crippen molar-refractivity contribution in [1.82, 2.24) is 15.0 Å². The van der Waals surface area contributed by atoms with Crippen LogP contribution in [0.1, 0.15) is 42.5 Å². The van der Waals surface area contributed by atoms with Gasteiger partial charge in [0.1, 0.15) is 11.3 Å². The third-order valence-corrected chi connectivity index (χ3v) is 11.9. The lowest BCUT2D eigenvalue weighted by Crippen LogP contribution is -2.02. The van der Waals surface area contributed by atoms with E-state index in [-0.39, 0.29) is 5.92 Å². The van der Waals surface area contributed by atoms with Crippen molar-refractivity contribution in [2.75, 3.05) is 0 Å². The molecule has 286 valence electrons. The van der Waals surface area contributed by atoms with Crippen LogP contribution in [0.3, 0.4) is 0 Å². The second-order valence-corrected chi connectivity index (χ2v) is 16.0. The average molecular weight is 772 g/mol. The largest absolute Gasteiger partial charge is 0.454 e. The van der Waals surface area contributed by atoms with Gasteiger partial charge in [-0.2, -0.15) is 0 Å². The van der Waals surface area contributed by atoms with Crippen molar-refractivity contribution in [3.05, 3.63) is 211 Å². The molecule has 9 aromatic rings. The van der Waals surface area contributed by atoms with Crippen LogP contribution in [0.25, 0.3) is 89.0 Å². The van der Waals surface area contributed by atoms with Crippen LogP contribution in [0, 0.1) is 5.92 Å². The zero-order valence-corrected chi connectivity index (χ0v) is 33.3. The summed E-state index contributed by atoms with van der Waals surface area (Å²) in [7, 11) is 0. The molecule has 0 spiro atoms. The Kier molecular flexibility index (Phi) is 8.97. The number of hydrogen-bond acceptors (Lipinski definition) is 4. The van der Waals surface area contributed by atoms with Crippen LogP contribution in [0.2, 0.25) is 0 Å². The normalized spacial score (nSPS) is 16.4. The molecule has 11 rings (SSSR count). The first-order chi connectivity index (χ1) is 29.6. The summed E-state index contributed by atoms with van der Waals surface area (Å²) in [6, 6.07) is 55.4. The minimum atomic E-state index is 0.197. The van der Waals surface area contributed by atoms with E-state index in [4.69, 9.17) is 19.4 Å². The van der Waals surface area contributed by atoms with Gasteiger partial charge in [-0.1, -0.05) is 171 Å². The summed E-state index contributed by atoms with van der Waals surface area (Å²) in [5.41, 5.74) is 15.5. The summed E-state index contributed by atoms with van der Waals surface area (Å²) in [6.45, 7) is 2.25. The number of allylic oxidation sites excluding steroid dienone is 8. The Morgan fingerprint density at radius 2 is 1.27 bits per heavy atom. The lowest BCUT2D eigenvalue weighted by molar-refractivity contribution is 0.668. The zero-order valence-electron chi connectivity index (χ0n) is 33.3. The number of rotatable bonds is 7. The fraction of sp³-hybridized carbons (Fsp3) is 0.0893. The Labute approximate surface area is 349 Å². The van der Waals surface area contributed by atoms with E-state index in [2.05, 4.69) is 189 Å². The maximum atomic E-state index is 6.80. The number of fused-ring (bicyclic) bond motifs is 5. The van der Waals surface area contributed by atoms with Crippen LogP contribution < -0.4 is 0 Å². The van der Waals surface area contributed by atoms with Gasteiger partial charge in [0.25, 0.3) is 0 Å². The van der Waals surface area contributed by atoms with Crippen molar-refractivity contribution >= 4 is 44.0 Å². The molecule has 6 aromatic carbocycles. The molecule has 0 fully saturated rings. The maximum Gasteiger partial charge on any atom is 0.162 e. The zero-order chi connectivity index (χ0) is 40.0. The van der Waals surface area contributed by atoms with Gasteiger partial charge in [-0.25, -0.2) is 15.0 Å². The predicted octanol–water partition coefficient (Wildman–Crippen LogP) is 14.7. The molecule has 0 N–H and O–H groups in total. The summed E-state index contributed by atoms with van der Waals surface area (Å²) >= 11 is 0. The van der Waals surface area contributed by atoms with Crippen LogP contribution in [0.4, 0.5) is 0 Å². The van der Waals surface area contributed by atoms with Crippen molar-refractivity contribution in [3.8, 4) is 45.0 Å². The Morgan fingerprint density at radius 1 is 0.583 bits per heavy atom. The number of hydrogen-bond donors (Lipinski definition) is 0. The minimum absolute atomic E-state index is 0.197. The Hall–Kier alpha value is -7.43. The Morgan fingerprint density at radius 3 is 2.08 bits per heavy atom. The minimum Gasteiger partial charge on any atom is -0.454 e. The van der Waals surface area contributed by atoms with Crippen molar-refractivity contribution in [2.45, 2.75) is 25.7 Å². The molecular formula is C56H41N3O. The maximum absolute atomic E-state index is 6.80. The highest BCUT2D eigenvalue weighted by Crippen LogP contribution is 2.44. The highest BCUT2D eigenvalue weighted by Gasteiger charge is 2.23. The van der Waals surface area contributed by atoms with Gasteiger partial charge >= 0.3 is 0 Å². The molecule has 3 aromatic heterocycles. The molecule has 4 heteroatoms. The van der Waals surface area contributed by atoms with Crippen LogP contribution >= 0.6 is 0 Å². The van der Waals surface area contributed by atoms with Gasteiger partial charge in [-0.05, 0) is 82.5 Å². The van der Waals surface area contributed by atoms with Gasteiger partial charge in [0.2, 0.25) is 0 Å². The molecule has 0 amide bonds. The fourth-order valence-corrected chi connectivity index (χ4v) is 9.00. The first kappa shape index (κ1) is 35.7. The first-order valence-corrected chi connectivity index (χ1v) is 20.8. The molecule has 60 heavy (non-hydrogen) atoms. The molecular weight excluding hydrogens is 731 g/mol. The smallest absolute Gasteiger partial charge is 0.162 e. The topological polar surface area (TPSA) is 51.8 Å². The molecule has 0 saturated heterocycles. The number of benzene rings is 6. The lowest BCUT2D eigenvalue weighted by atomic mass is 9.84. The van der Waals surface area contributed by atoms with Crippen molar-refractivity contribution in [1.29, 1.82) is 0 Å². The van der Waals surface area contributed by atoms with Crippen LogP contribution in [0.15, 0.2) is 199 Å².